The molecule has 0 fully saturated rings. The molecule has 0 heterocycles. The zero-order valence-corrected chi connectivity index (χ0v) is 11.6. The van der Waals surface area contributed by atoms with Crippen molar-refractivity contribution in [2.75, 3.05) is 20.8 Å². The number of hydrogen-bond acceptors (Lipinski definition) is 4. The van der Waals surface area contributed by atoms with Gasteiger partial charge in [-0.3, -0.25) is 0 Å². The molecule has 0 bridgehead atoms. The maximum atomic E-state index is 9.55. The third kappa shape index (κ3) is 3.89. The van der Waals surface area contributed by atoms with Gasteiger partial charge in [0.1, 0.15) is 11.5 Å². The predicted octanol–water partition coefficient (Wildman–Crippen LogP) is 2.13. The van der Waals surface area contributed by atoms with Gasteiger partial charge in [0, 0.05) is 24.2 Å². The smallest absolute Gasteiger partial charge is 0.127 e. The van der Waals surface area contributed by atoms with Crippen LogP contribution in [0.3, 0.4) is 0 Å². The summed E-state index contributed by atoms with van der Waals surface area (Å²) in [5, 5.41) is 12.8. The zero-order chi connectivity index (χ0) is 13.5. The van der Waals surface area contributed by atoms with Gasteiger partial charge >= 0.3 is 0 Å². The Bertz CT molecular complexity index is 368. The van der Waals surface area contributed by atoms with Crippen LogP contribution >= 0.6 is 0 Å². The molecule has 2 N–H and O–H groups in total. The third-order valence-corrected chi connectivity index (χ3v) is 3.04. The number of ether oxygens (including phenoxy) is 2. The fraction of sp³-hybridized carbons (Fsp3) is 0.571. The van der Waals surface area contributed by atoms with Crippen molar-refractivity contribution in [3.8, 4) is 11.5 Å². The molecule has 0 saturated carbocycles. The van der Waals surface area contributed by atoms with Gasteiger partial charge in [-0.1, -0.05) is 13.0 Å². The molecular formula is C14H23NO3. The molecule has 4 nitrogen and oxygen atoms in total. The van der Waals surface area contributed by atoms with E-state index in [2.05, 4.69) is 5.32 Å². The molecule has 0 radical (unpaired) electrons. The van der Waals surface area contributed by atoms with Crippen molar-refractivity contribution in [2.24, 2.45) is 0 Å². The lowest BCUT2D eigenvalue weighted by Crippen LogP contribution is -2.28. The second kappa shape index (κ2) is 7.24. The maximum absolute atomic E-state index is 9.55. The molecule has 1 unspecified atom stereocenters. The van der Waals surface area contributed by atoms with E-state index < -0.39 is 0 Å². The van der Waals surface area contributed by atoms with Crippen molar-refractivity contribution in [3.05, 3.63) is 23.8 Å². The number of hydrogen-bond donors (Lipinski definition) is 2. The average molecular weight is 253 g/mol. The molecule has 1 aromatic rings. The topological polar surface area (TPSA) is 50.7 Å². The summed E-state index contributed by atoms with van der Waals surface area (Å²) in [7, 11) is 3.28. The van der Waals surface area contributed by atoms with Crippen LogP contribution in [-0.2, 0) is 0 Å². The number of nitrogens with one attached hydrogen (secondary N) is 1. The summed E-state index contributed by atoms with van der Waals surface area (Å²) in [6.07, 6.45) is 0.441. The lowest BCUT2D eigenvalue weighted by atomic mass is 10.1. The molecular weight excluding hydrogens is 230 g/mol. The minimum absolute atomic E-state index is 0.118. The lowest BCUT2D eigenvalue weighted by molar-refractivity contribution is 0.163. The quantitative estimate of drug-likeness (QED) is 0.781. The van der Waals surface area contributed by atoms with E-state index in [9.17, 15) is 5.11 Å². The molecule has 0 aliphatic rings. The Balaban J connectivity index is 2.75. The first-order valence-corrected chi connectivity index (χ1v) is 6.25. The van der Waals surface area contributed by atoms with Gasteiger partial charge in [-0.05, 0) is 19.4 Å². The minimum atomic E-state index is -0.309. The van der Waals surface area contributed by atoms with Gasteiger partial charge in [-0.15, -0.1) is 0 Å². The summed E-state index contributed by atoms with van der Waals surface area (Å²) in [6.45, 7) is 4.59. The molecule has 0 saturated heterocycles. The molecule has 102 valence electrons. The van der Waals surface area contributed by atoms with Crippen LogP contribution in [0.25, 0.3) is 0 Å². The molecule has 18 heavy (non-hydrogen) atoms. The van der Waals surface area contributed by atoms with Crippen LogP contribution in [0.4, 0.5) is 0 Å². The van der Waals surface area contributed by atoms with Crippen LogP contribution < -0.4 is 14.8 Å². The number of benzene rings is 1. The van der Waals surface area contributed by atoms with Crippen molar-refractivity contribution in [2.45, 2.75) is 32.4 Å². The summed E-state index contributed by atoms with van der Waals surface area (Å²) in [5.41, 5.74) is 1.06. The Labute approximate surface area is 109 Å². The van der Waals surface area contributed by atoms with E-state index in [1.807, 2.05) is 32.0 Å². The number of aliphatic hydroxyl groups is 1. The van der Waals surface area contributed by atoms with Crippen molar-refractivity contribution in [1.29, 1.82) is 0 Å². The van der Waals surface area contributed by atoms with E-state index in [0.29, 0.717) is 6.54 Å². The van der Waals surface area contributed by atoms with Crippen LogP contribution in [0.15, 0.2) is 18.2 Å². The highest BCUT2D eigenvalue weighted by molar-refractivity contribution is 5.42. The number of methoxy groups -OCH3 is 2. The fourth-order valence-corrected chi connectivity index (χ4v) is 1.74. The summed E-state index contributed by atoms with van der Waals surface area (Å²) < 4.78 is 10.5. The highest BCUT2D eigenvalue weighted by atomic mass is 16.5. The number of aliphatic hydroxyl groups excluding tert-OH is 1. The van der Waals surface area contributed by atoms with Crippen LogP contribution in [0, 0.1) is 0 Å². The lowest BCUT2D eigenvalue weighted by Gasteiger charge is -2.19. The Kier molecular flexibility index (Phi) is 5.95. The number of rotatable bonds is 7. The normalized spacial score (nSPS) is 14.1. The van der Waals surface area contributed by atoms with Crippen molar-refractivity contribution >= 4 is 0 Å². The van der Waals surface area contributed by atoms with Crippen LogP contribution in [-0.4, -0.2) is 32.0 Å². The van der Waals surface area contributed by atoms with Crippen molar-refractivity contribution in [3.63, 3.8) is 0 Å². The first-order chi connectivity index (χ1) is 8.62. The highest BCUT2D eigenvalue weighted by Gasteiger charge is 2.13. The molecule has 0 amide bonds. The van der Waals surface area contributed by atoms with Gasteiger partial charge in [0.15, 0.2) is 0 Å². The van der Waals surface area contributed by atoms with E-state index in [1.54, 1.807) is 14.2 Å². The van der Waals surface area contributed by atoms with E-state index in [0.717, 1.165) is 23.5 Å². The summed E-state index contributed by atoms with van der Waals surface area (Å²) >= 11 is 0. The Hall–Kier alpha value is -1.26. The standard InChI is InChI=1S/C14H23NO3/c1-5-11(16)9-15-10(2)13-7-6-12(17-3)8-14(13)18-4/h6-8,10-11,15-16H,5,9H2,1-4H3/t10?,11-/m1/s1. The first-order valence-electron chi connectivity index (χ1n) is 6.25. The predicted molar refractivity (Wildman–Crippen MR) is 72.3 cm³/mol. The third-order valence-electron chi connectivity index (χ3n) is 3.04. The summed E-state index contributed by atoms with van der Waals surface area (Å²) in [6, 6.07) is 5.87. The monoisotopic (exact) mass is 253 g/mol. The molecule has 0 aromatic heterocycles. The maximum Gasteiger partial charge on any atom is 0.127 e. The second-order valence-corrected chi connectivity index (χ2v) is 4.30. The van der Waals surface area contributed by atoms with Gasteiger partial charge in [0.2, 0.25) is 0 Å². The fourth-order valence-electron chi connectivity index (χ4n) is 1.74. The largest absolute Gasteiger partial charge is 0.497 e. The molecule has 1 aromatic carbocycles. The molecule has 1 rings (SSSR count). The summed E-state index contributed by atoms with van der Waals surface area (Å²) in [5.74, 6) is 1.57. The van der Waals surface area contributed by atoms with E-state index in [4.69, 9.17) is 9.47 Å². The van der Waals surface area contributed by atoms with Gasteiger partial charge < -0.3 is 19.9 Å². The Morgan fingerprint density at radius 2 is 2.00 bits per heavy atom. The summed E-state index contributed by atoms with van der Waals surface area (Å²) in [4.78, 5) is 0. The Morgan fingerprint density at radius 1 is 1.28 bits per heavy atom. The molecule has 0 aliphatic carbocycles. The second-order valence-electron chi connectivity index (χ2n) is 4.30. The van der Waals surface area contributed by atoms with Crippen molar-refractivity contribution < 1.29 is 14.6 Å². The first kappa shape index (κ1) is 14.8. The molecule has 0 spiro atoms. The highest BCUT2D eigenvalue weighted by Crippen LogP contribution is 2.29. The van der Waals surface area contributed by atoms with Gasteiger partial charge in [-0.2, -0.15) is 0 Å². The van der Waals surface area contributed by atoms with Crippen LogP contribution in [0.5, 0.6) is 11.5 Å². The van der Waals surface area contributed by atoms with Crippen LogP contribution in [0.1, 0.15) is 31.9 Å². The SMILES string of the molecule is CC[C@@H](O)CNC(C)c1ccc(OC)cc1OC. The van der Waals surface area contributed by atoms with Gasteiger partial charge in [0.25, 0.3) is 0 Å². The zero-order valence-electron chi connectivity index (χ0n) is 11.6. The Morgan fingerprint density at radius 3 is 2.56 bits per heavy atom. The van der Waals surface area contributed by atoms with Crippen molar-refractivity contribution in [1.82, 2.24) is 5.32 Å². The van der Waals surface area contributed by atoms with E-state index in [-0.39, 0.29) is 12.1 Å². The average Bonchev–Trinajstić information content (AvgIpc) is 2.43. The van der Waals surface area contributed by atoms with Gasteiger partial charge in [0.05, 0.1) is 20.3 Å². The van der Waals surface area contributed by atoms with E-state index >= 15 is 0 Å². The van der Waals surface area contributed by atoms with Gasteiger partial charge in [-0.25, -0.2) is 0 Å². The minimum Gasteiger partial charge on any atom is -0.497 e. The molecule has 0 aliphatic heterocycles. The molecule has 4 heteroatoms. The molecule has 2 atom stereocenters. The van der Waals surface area contributed by atoms with E-state index in [1.165, 1.54) is 0 Å². The van der Waals surface area contributed by atoms with Crippen LogP contribution in [0.2, 0.25) is 0 Å².